The Balaban J connectivity index is 2.15. The smallest absolute Gasteiger partial charge is 0.101 e. The highest BCUT2D eigenvalue weighted by Gasteiger charge is 2.10. The number of nitriles is 1. The summed E-state index contributed by atoms with van der Waals surface area (Å²) < 4.78 is 2.83. The summed E-state index contributed by atoms with van der Waals surface area (Å²) in [5, 5.41) is 16.9. The molecule has 19 heavy (non-hydrogen) atoms. The van der Waals surface area contributed by atoms with Crippen LogP contribution in [-0.2, 0) is 13.6 Å². The quantitative estimate of drug-likeness (QED) is 0.929. The molecule has 0 amide bonds. The molecule has 0 radical (unpaired) electrons. The molecule has 0 fully saturated rings. The number of rotatable bonds is 3. The van der Waals surface area contributed by atoms with Crippen LogP contribution >= 0.6 is 27.5 Å². The van der Waals surface area contributed by atoms with Crippen molar-refractivity contribution in [2.45, 2.75) is 13.5 Å². The Bertz CT molecular complexity index is 657. The first-order valence-corrected chi connectivity index (χ1v) is 6.81. The van der Waals surface area contributed by atoms with E-state index in [9.17, 15) is 0 Å². The maximum atomic E-state index is 8.82. The lowest BCUT2D eigenvalue weighted by molar-refractivity contribution is 0.712. The average molecular weight is 340 g/mol. The number of aromatic nitrogens is 2. The molecule has 1 aromatic heterocycles. The number of nitrogens with one attached hydrogen (secondary N) is 1. The molecule has 4 nitrogen and oxygen atoms in total. The first-order chi connectivity index (χ1) is 9.02. The van der Waals surface area contributed by atoms with Crippen molar-refractivity contribution in [3.8, 4) is 6.07 Å². The second-order valence-corrected chi connectivity index (χ2v) is 5.33. The van der Waals surface area contributed by atoms with E-state index in [0.717, 1.165) is 21.5 Å². The van der Waals surface area contributed by atoms with Crippen LogP contribution in [0.3, 0.4) is 0 Å². The lowest BCUT2D eigenvalue weighted by Crippen LogP contribution is -2.06. The second kappa shape index (κ2) is 5.64. The van der Waals surface area contributed by atoms with Gasteiger partial charge in [-0.3, -0.25) is 4.68 Å². The fourth-order valence-electron chi connectivity index (χ4n) is 1.77. The summed E-state index contributed by atoms with van der Waals surface area (Å²) in [6, 6.07) is 7.32. The molecule has 0 aliphatic carbocycles. The van der Waals surface area contributed by atoms with Crippen LogP contribution in [0.5, 0.6) is 0 Å². The van der Waals surface area contributed by atoms with E-state index < -0.39 is 0 Å². The third-order valence-corrected chi connectivity index (χ3v) is 4.16. The molecule has 0 aliphatic rings. The molecule has 2 aromatic rings. The molecule has 1 aromatic carbocycles. The summed E-state index contributed by atoms with van der Waals surface area (Å²) in [4.78, 5) is 0. The van der Waals surface area contributed by atoms with Crippen LogP contribution in [0, 0.1) is 18.3 Å². The zero-order valence-corrected chi connectivity index (χ0v) is 12.9. The molecular weight excluding hydrogens is 328 g/mol. The Labute approximate surface area is 125 Å². The number of anilines is 1. The molecule has 0 unspecified atom stereocenters. The predicted octanol–water partition coefficient (Wildman–Crippen LogP) is 3.63. The van der Waals surface area contributed by atoms with Crippen LogP contribution in [0.4, 0.5) is 5.69 Å². The van der Waals surface area contributed by atoms with Crippen LogP contribution in [0.1, 0.15) is 17.0 Å². The van der Waals surface area contributed by atoms with Crippen molar-refractivity contribution in [2.24, 2.45) is 7.05 Å². The van der Waals surface area contributed by atoms with Gasteiger partial charge in [0.15, 0.2) is 0 Å². The van der Waals surface area contributed by atoms with Crippen molar-refractivity contribution >= 4 is 33.2 Å². The van der Waals surface area contributed by atoms with Gasteiger partial charge in [0.2, 0.25) is 0 Å². The van der Waals surface area contributed by atoms with E-state index in [-0.39, 0.29) is 0 Å². The summed E-state index contributed by atoms with van der Waals surface area (Å²) in [6.07, 6.45) is 0. The van der Waals surface area contributed by atoms with Crippen LogP contribution < -0.4 is 5.32 Å². The third kappa shape index (κ3) is 2.91. The number of hydrogen-bond donors (Lipinski definition) is 1. The van der Waals surface area contributed by atoms with Gasteiger partial charge in [-0.1, -0.05) is 11.6 Å². The van der Waals surface area contributed by atoms with Crippen molar-refractivity contribution < 1.29 is 0 Å². The summed E-state index contributed by atoms with van der Waals surface area (Å²) in [6.45, 7) is 2.58. The maximum Gasteiger partial charge on any atom is 0.101 e. The highest BCUT2D eigenvalue weighted by atomic mass is 79.9. The minimum atomic E-state index is 0.452. The Hall–Kier alpha value is -1.51. The molecule has 1 N–H and O–H groups in total. The largest absolute Gasteiger partial charge is 0.379 e. The average Bonchev–Trinajstić information content (AvgIpc) is 2.61. The van der Waals surface area contributed by atoms with E-state index in [4.69, 9.17) is 16.9 Å². The standard InChI is InChI=1S/C13H12BrClN4/c1-8-13(14)12(19(2)18-8)7-17-10-4-3-9(6-16)11(15)5-10/h3-5,17H,7H2,1-2H3. The monoisotopic (exact) mass is 338 g/mol. The van der Waals surface area contributed by atoms with Gasteiger partial charge < -0.3 is 5.32 Å². The van der Waals surface area contributed by atoms with E-state index in [1.54, 1.807) is 12.1 Å². The summed E-state index contributed by atoms with van der Waals surface area (Å²) in [5.41, 5.74) is 3.36. The lowest BCUT2D eigenvalue weighted by Gasteiger charge is -2.08. The van der Waals surface area contributed by atoms with E-state index in [1.807, 2.05) is 30.8 Å². The Morgan fingerprint density at radius 2 is 2.26 bits per heavy atom. The highest BCUT2D eigenvalue weighted by Crippen LogP contribution is 2.23. The van der Waals surface area contributed by atoms with Crippen LogP contribution in [0.15, 0.2) is 22.7 Å². The molecule has 2 rings (SSSR count). The van der Waals surface area contributed by atoms with Crippen molar-refractivity contribution in [3.05, 3.63) is 44.6 Å². The van der Waals surface area contributed by atoms with E-state index in [2.05, 4.69) is 26.3 Å². The first-order valence-electron chi connectivity index (χ1n) is 5.64. The van der Waals surface area contributed by atoms with Gasteiger partial charge in [-0.15, -0.1) is 0 Å². The molecule has 0 aliphatic heterocycles. The molecule has 0 saturated heterocycles. The molecule has 6 heteroatoms. The number of aryl methyl sites for hydroxylation is 2. The normalized spacial score (nSPS) is 10.3. The molecule has 0 atom stereocenters. The van der Waals surface area contributed by atoms with Crippen LogP contribution in [0.2, 0.25) is 5.02 Å². The summed E-state index contributed by atoms with van der Waals surface area (Å²) in [7, 11) is 1.90. The number of nitrogens with zero attached hydrogens (tertiary/aromatic N) is 3. The number of hydrogen-bond acceptors (Lipinski definition) is 3. The van der Waals surface area contributed by atoms with Gasteiger partial charge in [-0.2, -0.15) is 10.4 Å². The van der Waals surface area contributed by atoms with Gasteiger partial charge in [0, 0.05) is 12.7 Å². The van der Waals surface area contributed by atoms with E-state index >= 15 is 0 Å². The van der Waals surface area contributed by atoms with Gasteiger partial charge in [-0.05, 0) is 41.1 Å². The Morgan fingerprint density at radius 1 is 1.53 bits per heavy atom. The van der Waals surface area contributed by atoms with Crippen molar-refractivity contribution in [1.82, 2.24) is 9.78 Å². The van der Waals surface area contributed by atoms with Gasteiger partial charge in [0.25, 0.3) is 0 Å². The predicted molar refractivity (Wildman–Crippen MR) is 79.1 cm³/mol. The van der Waals surface area contributed by atoms with Gasteiger partial charge in [0.05, 0.1) is 33.0 Å². The van der Waals surface area contributed by atoms with Crippen molar-refractivity contribution in [1.29, 1.82) is 5.26 Å². The molecule has 98 valence electrons. The minimum absolute atomic E-state index is 0.452. The highest BCUT2D eigenvalue weighted by molar-refractivity contribution is 9.10. The van der Waals surface area contributed by atoms with Gasteiger partial charge in [-0.25, -0.2) is 0 Å². The lowest BCUT2D eigenvalue weighted by atomic mass is 10.2. The SMILES string of the molecule is Cc1nn(C)c(CNc2ccc(C#N)c(Cl)c2)c1Br. The Kier molecular flexibility index (Phi) is 4.13. The minimum Gasteiger partial charge on any atom is -0.379 e. The molecule has 0 spiro atoms. The first kappa shape index (κ1) is 13.9. The van der Waals surface area contributed by atoms with E-state index in [1.165, 1.54) is 0 Å². The molecule has 0 bridgehead atoms. The zero-order valence-electron chi connectivity index (χ0n) is 10.5. The topological polar surface area (TPSA) is 53.6 Å². The number of benzene rings is 1. The summed E-state index contributed by atoms with van der Waals surface area (Å²) >= 11 is 9.51. The molecular formula is C13H12BrClN4. The van der Waals surface area contributed by atoms with Gasteiger partial charge >= 0.3 is 0 Å². The Morgan fingerprint density at radius 3 is 2.79 bits per heavy atom. The van der Waals surface area contributed by atoms with Crippen LogP contribution in [0.25, 0.3) is 0 Å². The zero-order chi connectivity index (χ0) is 14.0. The number of halogens is 2. The fourth-order valence-corrected chi connectivity index (χ4v) is 2.47. The fraction of sp³-hybridized carbons (Fsp3) is 0.231. The van der Waals surface area contributed by atoms with E-state index in [0.29, 0.717) is 17.1 Å². The third-order valence-electron chi connectivity index (χ3n) is 2.81. The van der Waals surface area contributed by atoms with Crippen LogP contribution in [-0.4, -0.2) is 9.78 Å². The van der Waals surface area contributed by atoms with Crippen molar-refractivity contribution in [3.63, 3.8) is 0 Å². The second-order valence-electron chi connectivity index (χ2n) is 4.13. The van der Waals surface area contributed by atoms with Gasteiger partial charge in [0.1, 0.15) is 6.07 Å². The molecule has 1 heterocycles. The maximum absolute atomic E-state index is 8.82. The van der Waals surface area contributed by atoms with Crippen molar-refractivity contribution in [2.75, 3.05) is 5.32 Å². The summed E-state index contributed by atoms with van der Waals surface area (Å²) in [5.74, 6) is 0. The molecule has 0 saturated carbocycles.